The van der Waals surface area contributed by atoms with E-state index in [-0.39, 0.29) is 0 Å². The second-order valence-corrected chi connectivity index (χ2v) is 5.33. The van der Waals surface area contributed by atoms with Gasteiger partial charge in [0.1, 0.15) is 0 Å². The van der Waals surface area contributed by atoms with E-state index in [9.17, 15) is 0 Å². The molecule has 0 fully saturated rings. The summed E-state index contributed by atoms with van der Waals surface area (Å²) in [5, 5.41) is 7.61. The maximum Gasteiger partial charge on any atom is 0.0522 e. The van der Waals surface area contributed by atoms with Crippen LogP contribution >= 0.6 is 0 Å². The molecule has 1 rings (SSSR count). The first-order valence-electron chi connectivity index (χ1n) is 5.66. The molecule has 0 saturated carbocycles. The Bertz CT molecular complexity index is 283. The Morgan fingerprint density at radius 2 is 2.07 bits per heavy atom. The fourth-order valence-corrected chi connectivity index (χ4v) is 1.42. The van der Waals surface area contributed by atoms with Crippen LogP contribution in [-0.4, -0.2) is 22.9 Å². The lowest BCUT2D eigenvalue weighted by molar-refractivity contribution is 0.368. The van der Waals surface area contributed by atoms with Crippen LogP contribution in [0.5, 0.6) is 0 Å². The van der Waals surface area contributed by atoms with Gasteiger partial charge in [0.2, 0.25) is 0 Å². The van der Waals surface area contributed by atoms with Gasteiger partial charge in [-0.05, 0) is 36.9 Å². The third-order valence-electron chi connectivity index (χ3n) is 2.40. The Morgan fingerprint density at radius 3 is 2.60 bits per heavy atom. The average Bonchev–Trinajstić information content (AvgIpc) is 2.49. The Labute approximate surface area is 92.9 Å². The standard InChI is InChI=1S/C12H23N3/c1-12(2,3)6-8-13-7-5-11-9-14-15(4)10-11/h9-10,13H,5-8H2,1-4H3. The zero-order valence-electron chi connectivity index (χ0n) is 10.4. The van der Waals surface area contributed by atoms with E-state index < -0.39 is 0 Å². The van der Waals surface area contributed by atoms with Crippen molar-refractivity contribution in [2.45, 2.75) is 33.6 Å². The zero-order valence-corrected chi connectivity index (χ0v) is 10.4. The predicted molar refractivity (Wildman–Crippen MR) is 63.9 cm³/mol. The maximum absolute atomic E-state index is 4.14. The van der Waals surface area contributed by atoms with Gasteiger partial charge in [-0.2, -0.15) is 5.10 Å². The van der Waals surface area contributed by atoms with Crippen molar-refractivity contribution < 1.29 is 0 Å². The van der Waals surface area contributed by atoms with E-state index in [2.05, 4.69) is 37.4 Å². The van der Waals surface area contributed by atoms with Crippen molar-refractivity contribution in [2.75, 3.05) is 13.1 Å². The van der Waals surface area contributed by atoms with Crippen molar-refractivity contribution in [3.63, 3.8) is 0 Å². The molecule has 3 nitrogen and oxygen atoms in total. The molecule has 0 atom stereocenters. The van der Waals surface area contributed by atoms with Crippen LogP contribution in [0, 0.1) is 5.41 Å². The molecule has 0 bridgehead atoms. The van der Waals surface area contributed by atoms with Gasteiger partial charge in [-0.25, -0.2) is 0 Å². The number of hydrogen-bond donors (Lipinski definition) is 1. The molecule has 1 aromatic heterocycles. The van der Waals surface area contributed by atoms with Crippen LogP contribution in [0.4, 0.5) is 0 Å². The molecule has 0 radical (unpaired) electrons. The van der Waals surface area contributed by atoms with Crippen molar-refractivity contribution in [2.24, 2.45) is 12.5 Å². The van der Waals surface area contributed by atoms with Gasteiger partial charge in [0.15, 0.2) is 0 Å². The van der Waals surface area contributed by atoms with E-state index in [4.69, 9.17) is 0 Å². The smallest absolute Gasteiger partial charge is 0.0522 e. The lowest BCUT2D eigenvalue weighted by atomic mass is 9.92. The molecule has 1 aromatic rings. The average molecular weight is 209 g/mol. The third kappa shape index (κ3) is 5.57. The lowest BCUT2D eigenvalue weighted by Crippen LogP contribution is -2.22. The van der Waals surface area contributed by atoms with E-state index in [1.807, 2.05) is 17.9 Å². The number of hydrogen-bond acceptors (Lipinski definition) is 2. The highest BCUT2D eigenvalue weighted by molar-refractivity contribution is 5.03. The lowest BCUT2D eigenvalue weighted by Gasteiger charge is -2.17. The largest absolute Gasteiger partial charge is 0.316 e. The number of aryl methyl sites for hydroxylation is 1. The molecule has 0 aromatic carbocycles. The highest BCUT2D eigenvalue weighted by atomic mass is 15.2. The van der Waals surface area contributed by atoms with Crippen LogP contribution < -0.4 is 5.32 Å². The molecule has 3 heteroatoms. The predicted octanol–water partition coefficient (Wildman–Crippen LogP) is 1.99. The molecule has 0 spiro atoms. The molecule has 0 unspecified atom stereocenters. The van der Waals surface area contributed by atoms with E-state index in [1.54, 1.807) is 0 Å². The van der Waals surface area contributed by atoms with Crippen LogP contribution in [0.1, 0.15) is 32.8 Å². The van der Waals surface area contributed by atoms with Crippen LogP contribution in [0.15, 0.2) is 12.4 Å². The summed E-state index contributed by atoms with van der Waals surface area (Å²) >= 11 is 0. The number of nitrogens with zero attached hydrogens (tertiary/aromatic N) is 2. The normalized spacial score (nSPS) is 12.0. The van der Waals surface area contributed by atoms with Crippen LogP contribution in [-0.2, 0) is 13.5 Å². The van der Waals surface area contributed by atoms with Gasteiger partial charge in [0.05, 0.1) is 6.20 Å². The molecule has 0 aliphatic rings. The van der Waals surface area contributed by atoms with Crippen LogP contribution in [0.3, 0.4) is 0 Å². The SMILES string of the molecule is Cn1cc(CCNCCC(C)(C)C)cn1. The second kappa shape index (κ2) is 5.31. The maximum atomic E-state index is 4.14. The first-order valence-corrected chi connectivity index (χ1v) is 5.66. The summed E-state index contributed by atoms with van der Waals surface area (Å²) < 4.78 is 1.85. The summed E-state index contributed by atoms with van der Waals surface area (Å²) in [6.07, 6.45) is 6.30. The topological polar surface area (TPSA) is 29.9 Å². The Balaban J connectivity index is 2.07. The summed E-state index contributed by atoms with van der Waals surface area (Å²) in [7, 11) is 1.95. The van der Waals surface area contributed by atoms with Crippen LogP contribution in [0.2, 0.25) is 0 Å². The van der Waals surface area contributed by atoms with Gasteiger partial charge < -0.3 is 5.32 Å². The molecule has 0 aliphatic heterocycles. The second-order valence-electron chi connectivity index (χ2n) is 5.33. The van der Waals surface area contributed by atoms with E-state index >= 15 is 0 Å². The molecular formula is C12H23N3. The molecule has 15 heavy (non-hydrogen) atoms. The molecule has 1 N–H and O–H groups in total. The summed E-state index contributed by atoms with van der Waals surface area (Å²) in [6, 6.07) is 0. The highest BCUT2D eigenvalue weighted by Crippen LogP contribution is 2.16. The van der Waals surface area contributed by atoms with E-state index in [0.717, 1.165) is 19.5 Å². The minimum atomic E-state index is 0.432. The van der Waals surface area contributed by atoms with Crippen LogP contribution in [0.25, 0.3) is 0 Å². The minimum absolute atomic E-state index is 0.432. The summed E-state index contributed by atoms with van der Waals surface area (Å²) in [5.74, 6) is 0. The number of nitrogens with one attached hydrogen (secondary N) is 1. The third-order valence-corrected chi connectivity index (χ3v) is 2.40. The van der Waals surface area contributed by atoms with Crippen molar-refractivity contribution in [3.8, 4) is 0 Å². The molecular weight excluding hydrogens is 186 g/mol. The summed E-state index contributed by atoms with van der Waals surface area (Å²) in [6.45, 7) is 8.97. The molecule has 0 saturated heterocycles. The fraction of sp³-hybridized carbons (Fsp3) is 0.750. The number of rotatable bonds is 5. The van der Waals surface area contributed by atoms with E-state index in [1.165, 1.54) is 12.0 Å². The number of aromatic nitrogens is 2. The molecule has 1 heterocycles. The fourth-order valence-electron chi connectivity index (χ4n) is 1.42. The van der Waals surface area contributed by atoms with Gasteiger partial charge in [0, 0.05) is 13.2 Å². The Morgan fingerprint density at radius 1 is 1.33 bits per heavy atom. The summed E-state index contributed by atoms with van der Waals surface area (Å²) in [5.41, 5.74) is 1.74. The van der Waals surface area contributed by atoms with Gasteiger partial charge >= 0.3 is 0 Å². The van der Waals surface area contributed by atoms with Gasteiger partial charge in [-0.3, -0.25) is 4.68 Å². The van der Waals surface area contributed by atoms with Gasteiger partial charge in [-0.15, -0.1) is 0 Å². The quantitative estimate of drug-likeness (QED) is 0.752. The highest BCUT2D eigenvalue weighted by Gasteiger charge is 2.08. The molecule has 0 aliphatic carbocycles. The first-order chi connectivity index (χ1) is 6.97. The van der Waals surface area contributed by atoms with Gasteiger partial charge in [-0.1, -0.05) is 20.8 Å². The molecule has 0 amide bonds. The van der Waals surface area contributed by atoms with Crippen molar-refractivity contribution in [1.29, 1.82) is 0 Å². The Kier molecular flexibility index (Phi) is 4.33. The first kappa shape index (κ1) is 12.2. The van der Waals surface area contributed by atoms with Crippen molar-refractivity contribution in [1.82, 2.24) is 15.1 Å². The zero-order chi connectivity index (χ0) is 11.3. The monoisotopic (exact) mass is 209 g/mol. The molecule has 86 valence electrons. The minimum Gasteiger partial charge on any atom is -0.316 e. The summed E-state index contributed by atoms with van der Waals surface area (Å²) in [4.78, 5) is 0. The van der Waals surface area contributed by atoms with E-state index in [0.29, 0.717) is 5.41 Å². The van der Waals surface area contributed by atoms with Crippen molar-refractivity contribution in [3.05, 3.63) is 18.0 Å². The Hall–Kier alpha value is -0.830. The van der Waals surface area contributed by atoms with Gasteiger partial charge in [0.25, 0.3) is 0 Å². The van der Waals surface area contributed by atoms with Crippen molar-refractivity contribution >= 4 is 0 Å².